The Balaban J connectivity index is 0.00000387. The summed E-state index contributed by atoms with van der Waals surface area (Å²) in [5, 5.41) is 2.93. The average Bonchev–Trinajstić information content (AvgIpc) is 3.75. The van der Waals surface area contributed by atoms with Gasteiger partial charge in [-0.3, -0.25) is 19.1 Å². The largest absolute Gasteiger partial charge is 0.339 e. The van der Waals surface area contributed by atoms with Gasteiger partial charge in [0.15, 0.2) is 0 Å². The number of nitrogens with two attached hydrogens (primary N) is 1. The second-order valence-corrected chi connectivity index (χ2v) is 17.1. The number of amides is 3. The topological polar surface area (TPSA) is 139 Å². The Morgan fingerprint density at radius 3 is 2.12 bits per heavy atom. The van der Waals surface area contributed by atoms with E-state index in [-0.39, 0.29) is 46.9 Å². The van der Waals surface area contributed by atoms with Crippen molar-refractivity contribution in [2.75, 3.05) is 6.54 Å². The Kier molecular flexibility index (Phi) is 7.62. The number of sulfonamides is 1. The summed E-state index contributed by atoms with van der Waals surface area (Å²) < 4.78 is 27.8. The average molecular weight is 613 g/mol. The summed E-state index contributed by atoms with van der Waals surface area (Å²) >= 11 is 0. The van der Waals surface area contributed by atoms with Gasteiger partial charge in [0.2, 0.25) is 21.8 Å². The number of fused-ring (bicyclic) bond motifs is 1. The molecular formula is C30H49ClN4O5S. The van der Waals surface area contributed by atoms with E-state index >= 15 is 0 Å². The van der Waals surface area contributed by atoms with Gasteiger partial charge < -0.3 is 16.0 Å². The van der Waals surface area contributed by atoms with E-state index < -0.39 is 49.6 Å². The minimum Gasteiger partial charge on any atom is -0.339 e. The van der Waals surface area contributed by atoms with E-state index in [1.165, 1.54) is 0 Å². The number of hydrogen-bond donors (Lipinski definition) is 3. The lowest BCUT2D eigenvalue weighted by Crippen LogP contribution is -2.59. The van der Waals surface area contributed by atoms with Crippen LogP contribution >= 0.6 is 12.4 Å². The number of carbonyl (C=O) groups is 3. The molecule has 1 heterocycles. The molecule has 4 saturated carbocycles. The molecule has 1 aliphatic heterocycles. The molecule has 0 aromatic rings. The number of nitrogens with zero attached hydrogens (tertiary/aromatic N) is 1. The Bertz CT molecular complexity index is 1250. The zero-order valence-electron chi connectivity index (χ0n) is 25.5. The SMILES string of the molecule is C=C[C@@H]1C[C@]1(NC(=O)[C@@H]1C[C@@]2(CN1C(=O)[C@@H](N)C(C)(C)C)C(C)(C)C21CCC1)C(=O)NS(=O)(=O)C1(CCC)CC1.Cl. The van der Waals surface area contributed by atoms with Crippen molar-refractivity contribution < 1.29 is 22.8 Å². The summed E-state index contributed by atoms with van der Waals surface area (Å²) in [5.74, 6) is -1.78. The Morgan fingerprint density at radius 1 is 1.10 bits per heavy atom. The van der Waals surface area contributed by atoms with Crippen molar-refractivity contribution in [2.24, 2.45) is 33.3 Å². The first kappa shape index (κ1) is 32.3. The van der Waals surface area contributed by atoms with Crippen molar-refractivity contribution in [1.82, 2.24) is 14.9 Å². The third-order valence-corrected chi connectivity index (χ3v) is 14.2. The number of nitrogens with one attached hydrogen (secondary N) is 2. The van der Waals surface area contributed by atoms with Crippen LogP contribution in [0.15, 0.2) is 12.7 Å². The maximum atomic E-state index is 14.1. The van der Waals surface area contributed by atoms with E-state index in [1.54, 1.807) is 11.0 Å². The van der Waals surface area contributed by atoms with Crippen LogP contribution in [-0.4, -0.2) is 60.0 Å². The molecular weight excluding hydrogens is 564 g/mol. The molecule has 4 N–H and O–H groups in total. The number of carbonyl (C=O) groups excluding carboxylic acids is 3. The molecule has 9 nitrogen and oxygen atoms in total. The highest BCUT2D eigenvalue weighted by molar-refractivity contribution is 7.91. The lowest BCUT2D eigenvalue weighted by Gasteiger charge is -2.34. The Labute approximate surface area is 251 Å². The lowest BCUT2D eigenvalue weighted by molar-refractivity contribution is -0.142. The molecule has 0 bridgehead atoms. The van der Waals surface area contributed by atoms with Gasteiger partial charge in [0.1, 0.15) is 11.6 Å². The van der Waals surface area contributed by atoms with Gasteiger partial charge in [-0.05, 0) is 61.2 Å². The molecule has 0 aromatic heterocycles. The number of halogens is 1. The molecule has 2 spiro atoms. The molecule has 11 heteroatoms. The first-order valence-electron chi connectivity index (χ1n) is 15.0. The Hall–Kier alpha value is -1.65. The van der Waals surface area contributed by atoms with Crippen LogP contribution in [0.25, 0.3) is 0 Å². The first-order valence-corrected chi connectivity index (χ1v) is 16.5. The number of rotatable bonds is 9. The van der Waals surface area contributed by atoms with E-state index in [2.05, 4.69) is 30.5 Å². The zero-order chi connectivity index (χ0) is 29.7. The minimum absolute atomic E-state index is 0. The fraction of sp³-hybridized carbons (Fsp3) is 0.833. The fourth-order valence-electron chi connectivity index (χ4n) is 8.52. The highest BCUT2D eigenvalue weighted by Gasteiger charge is 2.85. The molecule has 5 atom stereocenters. The van der Waals surface area contributed by atoms with E-state index in [4.69, 9.17) is 5.73 Å². The van der Waals surface area contributed by atoms with Gasteiger partial charge in [-0.15, -0.1) is 19.0 Å². The van der Waals surface area contributed by atoms with Gasteiger partial charge in [-0.2, -0.15) is 0 Å². The van der Waals surface area contributed by atoms with Gasteiger partial charge in [0.25, 0.3) is 5.91 Å². The van der Waals surface area contributed by atoms with Crippen LogP contribution in [-0.2, 0) is 24.4 Å². The molecule has 41 heavy (non-hydrogen) atoms. The predicted molar refractivity (Wildman–Crippen MR) is 160 cm³/mol. The molecule has 0 aromatic carbocycles. The van der Waals surface area contributed by atoms with E-state index in [9.17, 15) is 22.8 Å². The van der Waals surface area contributed by atoms with E-state index in [0.717, 1.165) is 19.3 Å². The second-order valence-electron chi connectivity index (χ2n) is 15.0. The summed E-state index contributed by atoms with van der Waals surface area (Å²) in [7, 11) is -3.89. The maximum absolute atomic E-state index is 14.1. The summed E-state index contributed by atoms with van der Waals surface area (Å²) in [6, 6.07) is -1.56. The summed E-state index contributed by atoms with van der Waals surface area (Å²) in [6.07, 6.45) is 7.95. The fourth-order valence-corrected chi connectivity index (χ4v) is 10.3. The molecule has 232 valence electrons. The normalized spacial score (nSPS) is 34.2. The van der Waals surface area contributed by atoms with Crippen molar-refractivity contribution in [2.45, 2.75) is 122 Å². The minimum atomic E-state index is -3.89. The smallest absolute Gasteiger partial charge is 0.259 e. The second kappa shape index (κ2) is 9.68. The number of likely N-dealkylation sites (tertiary alicyclic amines) is 1. The van der Waals surface area contributed by atoms with E-state index in [1.807, 2.05) is 27.7 Å². The van der Waals surface area contributed by atoms with Gasteiger partial charge >= 0.3 is 0 Å². The molecule has 5 rings (SSSR count). The standard InChI is InChI=1S/C30H48N4O5S.ClH/c1-8-11-27(14-15-27)40(38,39)33-24(37)30(16-19(30)9-2)32-22(35)20-17-29(26(6,7)28(29)12-10-13-28)18-34(20)23(36)21(31)25(3,4)5;/h9,19-21H,2,8,10-18,31H2,1,3-7H3,(H,32,35)(H,33,37);1H/t19-,20+,21-,29-,30-;/m1./s1. The van der Waals surface area contributed by atoms with Crippen LogP contribution in [0.4, 0.5) is 0 Å². The highest BCUT2D eigenvalue weighted by Crippen LogP contribution is 2.88. The van der Waals surface area contributed by atoms with Gasteiger partial charge in [0.05, 0.1) is 10.8 Å². The van der Waals surface area contributed by atoms with Crippen molar-refractivity contribution in [3.8, 4) is 0 Å². The third kappa shape index (κ3) is 4.32. The monoisotopic (exact) mass is 612 g/mol. The maximum Gasteiger partial charge on any atom is 0.259 e. The van der Waals surface area contributed by atoms with Crippen LogP contribution in [0, 0.1) is 27.6 Å². The van der Waals surface area contributed by atoms with Crippen LogP contribution in [0.1, 0.15) is 99.3 Å². The number of hydrogen-bond acceptors (Lipinski definition) is 6. The quantitative estimate of drug-likeness (QED) is 0.341. The van der Waals surface area contributed by atoms with Crippen molar-refractivity contribution in [3.05, 3.63) is 12.7 Å². The van der Waals surface area contributed by atoms with E-state index in [0.29, 0.717) is 38.6 Å². The molecule has 1 saturated heterocycles. The van der Waals surface area contributed by atoms with Gasteiger partial charge in [-0.1, -0.05) is 60.5 Å². The zero-order valence-corrected chi connectivity index (χ0v) is 27.1. The summed E-state index contributed by atoms with van der Waals surface area (Å²) in [6.45, 7) is 16.4. The molecule has 3 amide bonds. The molecule has 0 radical (unpaired) electrons. The molecule has 0 unspecified atom stereocenters. The molecule has 5 aliphatic rings. The first-order chi connectivity index (χ1) is 18.4. The van der Waals surface area contributed by atoms with Crippen LogP contribution in [0.3, 0.4) is 0 Å². The Morgan fingerprint density at radius 2 is 1.71 bits per heavy atom. The highest BCUT2D eigenvalue weighted by atomic mass is 35.5. The van der Waals surface area contributed by atoms with Crippen LogP contribution in [0.2, 0.25) is 0 Å². The van der Waals surface area contributed by atoms with Crippen molar-refractivity contribution in [3.63, 3.8) is 0 Å². The van der Waals surface area contributed by atoms with Crippen molar-refractivity contribution >= 4 is 40.2 Å². The lowest BCUT2D eigenvalue weighted by atomic mass is 9.73. The van der Waals surface area contributed by atoms with Crippen LogP contribution in [0.5, 0.6) is 0 Å². The summed E-state index contributed by atoms with van der Waals surface area (Å²) in [5.41, 5.74) is 4.48. The molecule has 5 fully saturated rings. The summed E-state index contributed by atoms with van der Waals surface area (Å²) in [4.78, 5) is 43.1. The van der Waals surface area contributed by atoms with Crippen molar-refractivity contribution in [1.29, 1.82) is 0 Å². The van der Waals surface area contributed by atoms with Crippen LogP contribution < -0.4 is 15.8 Å². The van der Waals surface area contributed by atoms with Gasteiger partial charge in [0, 0.05) is 17.9 Å². The molecule has 4 aliphatic carbocycles. The third-order valence-electron chi connectivity index (χ3n) is 12.0. The van der Waals surface area contributed by atoms with Gasteiger partial charge in [-0.25, -0.2) is 8.42 Å². The predicted octanol–water partition coefficient (Wildman–Crippen LogP) is 3.42.